The van der Waals surface area contributed by atoms with Crippen molar-refractivity contribution >= 4 is 11.9 Å². The molecular formula is C15H22O4. The molecule has 0 aliphatic heterocycles. The maximum atomic E-state index is 11.7. The number of esters is 2. The van der Waals surface area contributed by atoms with E-state index < -0.39 is 11.9 Å². The third-order valence-corrected chi connectivity index (χ3v) is 4.00. The summed E-state index contributed by atoms with van der Waals surface area (Å²) in [6.45, 7) is 8.08. The number of carbonyl (C=O) groups is 2. The maximum absolute atomic E-state index is 11.7. The van der Waals surface area contributed by atoms with Crippen molar-refractivity contribution in [3.63, 3.8) is 0 Å². The summed E-state index contributed by atoms with van der Waals surface area (Å²) < 4.78 is 9.35. The van der Waals surface area contributed by atoms with E-state index in [4.69, 9.17) is 0 Å². The number of allylic oxidation sites excluding steroid dienone is 2. The van der Waals surface area contributed by atoms with E-state index in [2.05, 4.69) is 29.9 Å². The number of methoxy groups -OCH3 is 2. The molecular weight excluding hydrogens is 244 g/mol. The van der Waals surface area contributed by atoms with Crippen LogP contribution in [0.15, 0.2) is 23.8 Å². The van der Waals surface area contributed by atoms with Crippen molar-refractivity contribution in [1.82, 2.24) is 0 Å². The first kappa shape index (κ1) is 15.5. The largest absolute Gasteiger partial charge is 0.465 e. The van der Waals surface area contributed by atoms with Crippen molar-refractivity contribution in [2.75, 3.05) is 14.2 Å². The highest BCUT2D eigenvalue weighted by Crippen LogP contribution is 2.43. The molecule has 0 spiro atoms. The van der Waals surface area contributed by atoms with Crippen molar-refractivity contribution in [2.24, 2.45) is 11.3 Å². The molecule has 0 bridgehead atoms. The molecule has 1 aliphatic rings. The van der Waals surface area contributed by atoms with Gasteiger partial charge in [0.1, 0.15) is 5.57 Å². The second-order valence-electron chi connectivity index (χ2n) is 5.43. The van der Waals surface area contributed by atoms with Crippen LogP contribution in [-0.2, 0) is 19.1 Å². The van der Waals surface area contributed by atoms with Crippen LogP contribution in [0.4, 0.5) is 0 Å². The van der Waals surface area contributed by atoms with Gasteiger partial charge in [-0.25, -0.2) is 9.59 Å². The van der Waals surface area contributed by atoms with Crippen molar-refractivity contribution in [2.45, 2.75) is 33.1 Å². The molecule has 1 atom stereocenters. The van der Waals surface area contributed by atoms with Crippen LogP contribution < -0.4 is 0 Å². The molecule has 4 nitrogen and oxygen atoms in total. The maximum Gasteiger partial charge on any atom is 0.345 e. The second-order valence-corrected chi connectivity index (χ2v) is 5.43. The number of ether oxygens (including phenoxy) is 2. The molecule has 1 aliphatic carbocycles. The fraction of sp³-hybridized carbons (Fsp3) is 0.600. The monoisotopic (exact) mass is 266 g/mol. The molecule has 0 aromatic carbocycles. The molecule has 0 aromatic rings. The lowest BCUT2D eigenvalue weighted by Crippen LogP contribution is -2.20. The number of rotatable bonds is 4. The molecule has 4 heteroatoms. The van der Waals surface area contributed by atoms with E-state index in [0.29, 0.717) is 12.3 Å². The van der Waals surface area contributed by atoms with Gasteiger partial charge in [-0.3, -0.25) is 0 Å². The summed E-state index contributed by atoms with van der Waals surface area (Å²) in [5.41, 5.74) is 0.880. The van der Waals surface area contributed by atoms with Gasteiger partial charge >= 0.3 is 11.9 Å². The topological polar surface area (TPSA) is 52.6 Å². The Hall–Kier alpha value is -1.58. The predicted molar refractivity (Wildman–Crippen MR) is 72.4 cm³/mol. The van der Waals surface area contributed by atoms with Gasteiger partial charge in [0.2, 0.25) is 0 Å². The first-order valence-corrected chi connectivity index (χ1v) is 6.39. The minimum Gasteiger partial charge on any atom is -0.465 e. The van der Waals surface area contributed by atoms with Crippen LogP contribution in [-0.4, -0.2) is 26.2 Å². The predicted octanol–water partition coefficient (Wildman–Crippen LogP) is 2.64. The normalized spacial score (nSPS) is 18.9. The van der Waals surface area contributed by atoms with Gasteiger partial charge in [0.05, 0.1) is 14.2 Å². The van der Waals surface area contributed by atoms with Gasteiger partial charge in [-0.2, -0.15) is 0 Å². The number of hydrogen-bond donors (Lipinski definition) is 0. The molecule has 1 rings (SSSR count). The number of carbonyl (C=O) groups excluding carboxylic acids is 2. The minimum absolute atomic E-state index is 0.0148. The molecule has 19 heavy (non-hydrogen) atoms. The van der Waals surface area contributed by atoms with Gasteiger partial charge in [-0.15, -0.1) is 6.58 Å². The molecule has 0 radical (unpaired) electrons. The van der Waals surface area contributed by atoms with E-state index in [1.54, 1.807) is 0 Å². The van der Waals surface area contributed by atoms with Gasteiger partial charge in [-0.1, -0.05) is 19.9 Å². The molecule has 0 saturated heterocycles. The third-order valence-electron chi connectivity index (χ3n) is 4.00. The highest BCUT2D eigenvalue weighted by molar-refractivity contribution is 6.14. The quantitative estimate of drug-likeness (QED) is 0.258. The SMILES string of the molecule is C=CC(C)(C)[C@H]1CCC(=C(C(=O)OC)C(=O)OC)C1. The van der Waals surface area contributed by atoms with E-state index in [1.807, 2.05) is 6.08 Å². The van der Waals surface area contributed by atoms with Gasteiger partial charge < -0.3 is 9.47 Å². The van der Waals surface area contributed by atoms with Crippen molar-refractivity contribution in [3.05, 3.63) is 23.8 Å². The zero-order valence-electron chi connectivity index (χ0n) is 12.1. The molecule has 1 saturated carbocycles. The van der Waals surface area contributed by atoms with E-state index in [1.165, 1.54) is 14.2 Å². The van der Waals surface area contributed by atoms with Crippen LogP contribution in [0.3, 0.4) is 0 Å². The summed E-state index contributed by atoms with van der Waals surface area (Å²) in [5.74, 6) is -0.845. The summed E-state index contributed by atoms with van der Waals surface area (Å²) in [5, 5.41) is 0. The number of hydrogen-bond acceptors (Lipinski definition) is 4. The van der Waals surface area contributed by atoms with Crippen LogP contribution in [0.25, 0.3) is 0 Å². The van der Waals surface area contributed by atoms with Gasteiger partial charge in [-0.05, 0) is 36.2 Å². The Kier molecular flexibility index (Phi) is 4.92. The zero-order valence-corrected chi connectivity index (χ0v) is 12.1. The summed E-state index contributed by atoms with van der Waals surface area (Å²) in [4.78, 5) is 23.4. The van der Waals surface area contributed by atoms with Gasteiger partial charge in [0, 0.05) is 0 Å². The van der Waals surface area contributed by atoms with Crippen molar-refractivity contribution in [1.29, 1.82) is 0 Å². The van der Waals surface area contributed by atoms with Crippen LogP contribution in [0, 0.1) is 11.3 Å². The van der Waals surface area contributed by atoms with E-state index in [0.717, 1.165) is 18.4 Å². The smallest absolute Gasteiger partial charge is 0.345 e. The first-order valence-electron chi connectivity index (χ1n) is 6.39. The molecule has 0 unspecified atom stereocenters. The minimum atomic E-state index is -0.612. The van der Waals surface area contributed by atoms with E-state index >= 15 is 0 Å². The highest BCUT2D eigenvalue weighted by atomic mass is 16.5. The molecule has 0 N–H and O–H groups in total. The molecule has 0 aromatic heterocycles. The Morgan fingerprint density at radius 1 is 1.26 bits per heavy atom. The first-order chi connectivity index (χ1) is 8.87. The van der Waals surface area contributed by atoms with Crippen molar-refractivity contribution < 1.29 is 19.1 Å². The van der Waals surface area contributed by atoms with Crippen LogP contribution >= 0.6 is 0 Å². The summed E-state index contributed by atoms with van der Waals surface area (Å²) in [7, 11) is 2.54. The van der Waals surface area contributed by atoms with Gasteiger partial charge in [0.25, 0.3) is 0 Å². The van der Waals surface area contributed by atoms with E-state index in [9.17, 15) is 9.59 Å². The van der Waals surface area contributed by atoms with Crippen LogP contribution in [0.1, 0.15) is 33.1 Å². The molecule has 0 amide bonds. The summed E-state index contributed by atoms with van der Waals surface area (Å²) >= 11 is 0. The third kappa shape index (κ3) is 3.25. The molecule has 1 fully saturated rings. The summed E-state index contributed by atoms with van der Waals surface area (Å²) in [6.07, 6.45) is 4.29. The average Bonchev–Trinajstić information content (AvgIpc) is 2.88. The van der Waals surface area contributed by atoms with Gasteiger partial charge in [0.15, 0.2) is 0 Å². The average molecular weight is 266 g/mol. The van der Waals surface area contributed by atoms with Crippen molar-refractivity contribution in [3.8, 4) is 0 Å². The van der Waals surface area contributed by atoms with Crippen LogP contribution in [0.5, 0.6) is 0 Å². The Balaban J connectivity index is 3.05. The second kappa shape index (κ2) is 6.04. The lowest BCUT2D eigenvalue weighted by molar-refractivity contribution is -0.144. The molecule has 0 heterocycles. The Labute approximate surface area is 114 Å². The highest BCUT2D eigenvalue weighted by Gasteiger charge is 2.35. The Bertz CT molecular complexity index is 400. The lowest BCUT2D eigenvalue weighted by Gasteiger charge is -2.27. The lowest BCUT2D eigenvalue weighted by atomic mass is 9.78. The summed E-state index contributed by atoms with van der Waals surface area (Å²) in [6, 6.07) is 0. The Morgan fingerprint density at radius 3 is 2.21 bits per heavy atom. The Morgan fingerprint density at radius 2 is 1.79 bits per heavy atom. The molecule has 106 valence electrons. The van der Waals surface area contributed by atoms with E-state index in [-0.39, 0.29) is 11.0 Å². The zero-order chi connectivity index (χ0) is 14.6. The standard InChI is InChI=1S/C15H22O4/c1-6-15(2,3)11-8-7-10(9-11)12(13(16)18-4)14(17)19-5/h6,11H,1,7-9H2,2-5H3/t11-/m0/s1. The fourth-order valence-corrected chi connectivity index (χ4v) is 2.45. The fourth-order valence-electron chi connectivity index (χ4n) is 2.45. The van der Waals surface area contributed by atoms with Crippen LogP contribution in [0.2, 0.25) is 0 Å².